The number of pyridine rings is 1. The lowest BCUT2D eigenvalue weighted by Crippen LogP contribution is -2.68. The van der Waals surface area contributed by atoms with Gasteiger partial charge in [-0.15, -0.1) is 0 Å². The van der Waals surface area contributed by atoms with E-state index < -0.39 is 0 Å². The summed E-state index contributed by atoms with van der Waals surface area (Å²) in [4.78, 5) is 25.6. The third-order valence-electron chi connectivity index (χ3n) is 8.29. The summed E-state index contributed by atoms with van der Waals surface area (Å²) in [6.07, 6.45) is 8.10. The molecule has 1 aromatic carbocycles. The van der Waals surface area contributed by atoms with Gasteiger partial charge >= 0.3 is 6.03 Å². The van der Waals surface area contributed by atoms with Crippen LogP contribution in [0.4, 0.5) is 4.79 Å². The van der Waals surface area contributed by atoms with Gasteiger partial charge in [0.1, 0.15) is 5.65 Å². The lowest BCUT2D eigenvalue weighted by Gasteiger charge is -2.51. The first-order valence-corrected chi connectivity index (χ1v) is 14.1. The smallest absolute Gasteiger partial charge is 0.320 e. The number of urea groups is 1. The van der Waals surface area contributed by atoms with Crippen molar-refractivity contribution < 1.29 is 9.53 Å². The van der Waals surface area contributed by atoms with Crippen molar-refractivity contribution in [2.24, 2.45) is 0 Å². The largest absolute Gasteiger partial charge is 0.377 e. The van der Waals surface area contributed by atoms with Gasteiger partial charge in [0.2, 0.25) is 0 Å². The van der Waals surface area contributed by atoms with Crippen molar-refractivity contribution in [2.45, 2.75) is 63.7 Å². The second-order valence-electron chi connectivity index (χ2n) is 10.6. The maximum atomic E-state index is 13.9. The first-order valence-electron chi connectivity index (χ1n) is 13.7. The molecule has 2 atom stereocenters. The number of imidazole rings is 1. The van der Waals surface area contributed by atoms with Crippen LogP contribution in [-0.4, -0.2) is 81.1 Å². The minimum absolute atomic E-state index is 0.0656. The zero-order valence-corrected chi connectivity index (χ0v) is 22.3. The second kappa shape index (κ2) is 10.6. The molecule has 1 aliphatic carbocycles. The van der Waals surface area contributed by atoms with Crippen LogP contribution >= 0.6 is 11.6 Å². The Morgan fingerprint density at radius 1 is 1.05 bits per heavy atom. The number of hydrogen-bond acceptors (Lipinski definition) is 4. The molecule has 0 N–H and O–H groups in total. The van der Waals surface area contributed by atoms with Crippen molar-refractivity contribution in [1.29, 1.82) is 0 Å². The highest BCUT2D eigenvalue weighted by molar-refractivity contribution is 6.30. The first-order chi connectivity index (χ1) is 18.1. The van der Waals surface area contributed by atoms with Crippen LogP contribution in [0.1, 0.15) is 44.7 Å². The number of hydrogen-bond donors (Lipinski definition) is 0. The van der Waals surface area contributed by atoms with E-state index in [1.54, 1.807) is 0 Å². The molecule has 2 aromatic heterocycles. The lowest BCUT2D eigenvalue weighted by atomic mass is 9.94. The molecule has 0 spiro atoms. The number of rotatable bonds is 5. The Hall–Kier alpha value is -2.61. The van der Waals surface area contributed by atoms with Crippen molar-refractivity contribution in [1.82, 2.24) is 24.1 Å². The fourth-order valence-corrected chi connectivity index (χ4v) is 6.66. The Labute approximate surface area is 224 Å². The van der Waals surface area contributed by atoms with Crippen LogP contribution in [0.3, 0.4) is 0 Å². The molecule has 37 heavy (non-hydrogen) atoms. The summed E-state index contributed by atoms with van der Waals surface area (Å²) in [6.45, 7) is 6.44. The molecular formula is C29H36ClN5O2. The van der Waals surface area contributed by atoms with Gasteiger partial charge in [-0.25, -0.2) is 9.78 Å². The SMILES string of the molecule is CCN(C(=O)N1C2COCC1CN(Cc1c(-c3ccc(Cl)cc3)nc3ccccn13)C2)C1CCCCC1. The molecule has 196 valence electrons. The Morgan fingerprint density at radius 2 is 1.78 bits per heavy atom. The summed E-state index contributed by atoms with van der Waals surface area (Å²) >= 11 is 6.17. The van der Waals surface area contributed by atoms with E-state index in [0.717, 1.165) is 66.6 Å². The summed E-state index contributed by atoms with van der Waals surface area (Å²) < 4.78 is 8.15. The summed E-state index contributed by atoms with van der Waals surface area (Å²) in [5.74, 6) is 0. The number of carbonyl (C=O) groups excluding carboxylic acids is 1. The molecule has 0 radical (unpaired) electrons. The fourth-order valence-electron chi connectivity index (χ4n) is 6.53. The Bertz CT molecular complexity index is 1220. The highest BCUT2D eigenvalue weighted by Gasteiger charge is 2.43. The number of fused-ring (bicyclic) bond motifs is 3. The molecule has 6 rings (SSSR count). The average molecular weight is 522 g/mol. The molecule has 8 heteroatoms. The molecule has 3 aromatic rings. The number of piperazine rings is 1. The third-order valence-corrected chi connectivity index (χ3v) is 8.54. The summed E-state index contributed by atoms with van der Waals surface area (Å²) in [5.41, 5.74) is 4.14. The highest BCUT2D eigenvalue weighted by Crippen LogP contribution is 2.31. The average Bonchev–Trinajstić information content (AvgIpc) is 3.28. The normalized spacial score (nSPS) is 22.9. The van der Waals surface area contributed by atoms with E-state index in [1.807, 2.05) is 42.5 Å². The Balaban J connectivity index is 1.25. The van der Waals surface area contributed by atoms with Crippen molar-refractivity contribution in [2.75, 3.05) is 32.8 Å². The number of benzene rings is 1. The first kappa shape index (κ1) is 24.7. The predicted molar refractivity (Wildman–Crippen MR) is 146 cm³/mol. The lowest BCUT2D eigenvalue weighted by molar-refractivity contribution is -0.0837. The standard InChI is InChI=1S/C29H36ClN5O2/c1-2-33(23-8-4-3-5-9-23)29(36)35-24-16-32(17-25(35)20-37-19-24)18-26-28(21-11-13-22(30)14-12-21)31-27-10-6-7-15-34(26)27/h6-7,10-15,23-25H,2-5,8-9,16-20H2,1H3. The molecule has 2 saturated heterocycles. The summed E-state index contributed by atoms with van der Waals surface area (Å²) in [5, 5.41) is 0.719. The van der Waals surface area contributed by atoms with E-state index in [2.05, 4.69) is 32.2 Å². The second-order valence-corrected chi connectivity index (χ2v) is 11.1. The number of amides is 2. The van der Waals surface area contributed by atoms with Gasteiger partial charge in [-0.3, -0.25) is 4.90 Å². The highest BCUT2D eigenvalue weighted by atomic mass is 35.5. The molecule has 2 unspecified atom stereocenters. The van der Waals surface area contributed by atoms with E-state index in [-0.39, 0.29) is 18.1 Å². The van der Waals surface area contributed by atoms with Crippen molar-refractivity contribution in [3.63, 3.8) is 0 Å². The maximum Gasteiger partial charge on any atom is 0.320 e. The topological polar surface area (TPSA) is 53.3 Å². The third kappa shape index (κ3) is 4.85. The van der Waals surface area contributed by atoms with Gasteiger partial charge in [0.25, 0.3) is 0 Å². The number of nitrogens with zero attached hydrogens (tertiary/aromatic N) is 5. The molecule has 2 amide bonds. The predicted octanol–water partition coefficient (Wildman–Crippen LogP) is 5.31. The van der Waals surface area contributed by atoms with E-state index in [1.165, 1.54) is 19.3 Å². The number of aromatic nitrogens is 2. The van der Waals surface area contributed by atoms with Crippen LogP contribution in [0, 0.1) is 0 Å². The van der Waals surface area contributed by atoms with E-state index in [9.17, 15) is 4.79 Å². The van der Waals surface area contributed by atoms with Gasteiger partial charge in [0.05, 0.1) is 36.7 Å². The number of ether oxygens (including phenoxy) is 1. The van der Waals surface area contributed by atoms with Gasteiger partial charge in [-0.05, 0) is 44.0 Å². The number of morpholine rings is 1. The van der Waals surface area contributed by atoms with E-state index in [4.69, 9.17) is 21.3 Å². The van der Waals surface area contributed by atoms with Crippen molar-refractivity contribution in [3.8, 4) is 11.3 Å². The quantitative estimate of drug-likeness (QED) is 0.456. The molecular weight excluding hydrogens is 486 g/mol. The molecule has 3 aliphatic rings. The summed E-state index contributed by atoms with van der Waals surface area (Å²) in [6, 6.07) is 14.8. The molecule has 2 bridgehead atoms. The minimum atomic E-state index is 0.0656. The van der Waals surface area contributed by atoms with Gasteiger partial charge < -0.3 is 18.9 Å². The monoisotopic (exact) mass is 521 g/mol. The van der Waals surface area contributed by atoms with Crippen LogP contribution in [0.25, 0.3) is 16.9 Å². The van der Waals surface area contributed by atoms with Crippen LogP contribution in [-0.2, 0) is 11.3 Å². The maximum absolute atomic E-state index is 13.9. The molecule has 3 fully saturated rings. The zero-order valence-electron chi connectivity index (χ0n) is 21.6. The zero-order chi connectivity index (χ0) is 25.4. The number of carbonyl (C=O) groups is 1. The van der Waals surface area contributed by atoms with Crippen LogP contribution in [0.5, 0.6) is 0 Å². The fraction of sp³-hybridized carbons (Fsp3) is 0.517. The Morgan fingerprint density at radius 3 is 2.49 bits per heavy atom. The minimum Gasteiger partial charge on any atom is -0.377 e. The van der Waals surface area contributed by atoms with Crippen molar-refractivity contribution in [3.05, 3.63) is 59.4 Å². The molecule has 7 nitrogen and oxygen atoms in total. The molecule has 4 heterocycles. The van der Waals surface area contributed by atoms with Crippen molar-refractivity contribution >= 4 is 23.3 Å². The summed E-state index contributed by atoms with van der Waals surface area (Å²) in [7, 11) is 0. The van der Waals surface area contributed by atoms with Crippen LogP contribution < -0.4 is 0 Å². The van der Waals surface area contributed by atoms with E-state index in [0.29, 0.717) is 19.3 Å². The van der Waals surface area contributed by atoms with Gasteiger partial charge in [-0.1, -0.05) is 49.1 Å². The van der Waals surface area contributed by atoms with E-state index >= 15 is 0 Å². The van der Waals surface area contributed by atoms with Crippen LogP contribution in [0.2, 0.25) is 5.02 Å². The molecule has 1 saturated carbocycles. The number of halogens is 1. The molecule has 2 aliphatic heterocycles. The van der Waals surface area contributed by atoms with Gasteiger partial charge in [-0.2, -0.15) is 0 Å². The van der Waals surface area contributed by atoms with Crippen LogP contribution in [0.15, 0.2) is 48.7 Å². The van der Waals surface area contributed by atoms with Gasteiger partial charge in [0.15, 0.2) is 0 Å². The Kier molecular flexibility index (Phi) is 7.10. The van der Waals surface area contributed by atoms with Gasteiger partial charge in [0, 0.05) is 49.0 Å².